The zero-order chi connectivity index (χ0) is 15.4. The Balaban J connectivity index is 2.08. The van der Waals surface area contributed by atoms with Crippen LogP contribution in [-0.2, 0) is 6.54 Å². The van der Waals surface area contributed by atoms with E-state index in [0.29, 0.717) is 16.6 Å². The molecule has 0 radical (unpaired) electrons. The molecule has 2 nitrogen and oxygen atoms in total. The number of halogens is 3. The van der Waals surface area contributed by atoms with Crippen molar-refractivity contribution in [3.8, 4) is 5.75 Å². The molecule has 2 aromatic carbocycles. The Kier molecular flexibility index (Phi) is 5.94. The minimum absolute atomic E-state index is 0.166. The molecule has 0 saturated carbocycles. The molecule has 0 aromatic heterocycles. The molecule has 1 N–H and O–H groups in total. The van der Waals surface area contributed by atoms with Gasteiger partial charge in [-0.1, -0.05) is 35.3 Å². The van der Waals surface area contributed by atoms with Gasteiger partial charge in [0.1, 0.15) is 5.75 Å². The van der Waals surface area contributed by atoms with Crippen LogP contribution >= 0.6 is 39.1 Å². The van der Waals surface area contributed by atoms with Crippen LogP contribution in [0.1, 0.15) is 24.1 Å². The third-order valence-corrected chi connectivity index (χ3v) is 4.65. The maximum atomic E-state index is 6.18. The van der Waals surface area contributed by atoms with Gasteiger partial charge >= 0.3 is 0 Å². The summed E-state index contributed by atoms with van der Waals surface area (Å²) >= 11 is 15.9. The zero-order valence-electron chi connectivity index (χ0n) is 11.8. The van der Waals surface area contributed by atoms with E-state index >= 15 is 0 Å². The largest absolute Gasteiger partial charge is 0.496 e. The number of ether oxygens (including phenoxy) is 1. The van der Waals surface area contributed by atoms with Gasteiger partial charge in [-0.05, 0) is 52.7 Å². The first kappa shape index (κ1) is 16.6. The van der Waals surface area contributed by atoms with Crippen molar-refractivity contribution in [3.05, 3.63) is 62.0 Å². The van der Waals surface area contributed by atoms with Crippen molar-refractivity contribution in [2.45, 2.75) is 19.5 Å². The smallest absolute Gasteiger partial charge is 0.133 e. The van der Waals surface area contributed by atoms with Crippen LogP contribution in [0.3, 0.4) is 0 Å². The number of hydrogen-bond acceptors (Lipinski definition) is 2. The average Bonchev–Trinajstić information content (AvgIpc) is 2.46. The van der Waals surface area contributed by atoms with Crippen LogP contribution in [0.25, 0.3) is 0 Å². The lowest BCUT2D eigenvalue weighted by molar-refractivity contribution is 0.411. The molecule has 0 bridgehead atoms. The SMILES string of the molecule is COc1ccc(C(C)NCc2c(Cl)cccc2Cl)cc1Br. The number of nitrogens with one attached hydrogen (secondary N) is 1. The summed E-state index contributed by atoms with van der Waals surface area (Å²) in [6.45, 7) is 2.71. The lowest BCUT2D eigenvalue weighted by Crippen LogP contribution is -2.18. The molecule has 2 aromatic rings. The molecule has 0 amide bonds. The van der Waals surface area contributed by atoms with Crippen LogP contribution in [0.15, 0.2) is 40.9 Å². The van der Waals surface area contributed by atoms with Crippen LogP contribution in [0, 0.1) is 0 Å². The third kappa shape index (κ3) is 4.13. The molecule has 21 heavy (non-hydrogen) atoms. The Morgan fingerprint density at radius 2 is 1.86 bits per heavy atom. The molecule has 0 saturated heterocycles. The van der Waals surface area contributed by atoms with Crippen molar-refractivity contribution in [1.29, 1.82) is 0 Å². The molecule has 0 heterocycles. The molecule has 5 heteroatoms. The van der Waals surface area contributed by atoms with Gasteiger partial charge in [-0.15, -0.1) is 0 Å². The second kappa shape index (κ2) is 7.50. The van der Waals surface area contributed by atoms with E-state index in [1.807, 2.05) is 36.4 Å². The van der Waals surface area contributed by atoms with Crippen LogP contribution in [-0.4, -0.2) is 7.11 Å². The fourth-order valence-electron chi connectivity index (χ4n) is 2.03. The lowest BCUT2D eigenvalue weighted by Gasteiger charge is -2.17. The summed E-state index contributed by atoms with van der Waals surface area (Å²) < 4.78 is 6.18. The minimum atomic E-state index is 0.166. The van der Waals surface area contributed by atoms with E-state index in [-0.39, 0.29) is 6.04 Å². The highest BCUT2D eigenvalue weighted by Gasteiger charge is 2.10. The average molecular weight is 389 g/mol. The number of hydrogen-bond donors (Lipinski definition) is 1. The third-order valence-electron chi connectivity index (χ3n) is 3.32. The van der Waals surface area contributed by atoms with Crippen LogP contribution in [0.5, 0.6) is 5.75 Å². The van der Waals surface area contributed by atoms with Crippen molar-refractivity contribution < 1.29 is 4.74 Å². The summed E-state index contributed by atoms with van der Waals surface area (Å²) in [6, 6.07) is 11.7. The quantitative estimate of drug-likeness (QED) is 0.718. The fourth-order valence-corrected chi connectivity index (χ4v) is 3.12. The lowest BCUT2D eigenvalue weighted by atomic mass is 10.1. The summed E-state index contributed by atoms with van der Waals surface area (Å²) in [5, 5.41) is 4.79. The minimum Gasteiger partial charge on any atom is -0.496 e. The number of methoxy groups -OCH3 is 1. The van der Waals surface area contributed by atoms with Gasteiger partial charge in [0.05, 0.1) is 11.6 Å². The molecule has 112 valence electrons. The van der Waals surface area contributed by atoms with Gasteiger partial charge in [0, 0.05) is 28.2 Å². The Hall–Kier alpha value is -0.740. The first-order chi connectivity index (χ1) is 10.0. The van der Waals surface area contributed by atoms with Gasteiger partial charge < -0.3 is 10.1 Å². The maximum Gasteiger partial charge on any atom is 0.133 e. The van der Waals surface area contributed by atoms with Gasteiger partial charge in [0.15, 0.2) is 0 Å². The van der Waals surface area contributed by atoms with Crippen molar-refractivity contribution in [2.24, 2.45) is 0 Å². The molecule has 0 spiro atoms. The van der Waals surface area contributed by atoms with E-state index in [1.54, 1.807) is 7.11 Å². The highest BCUT2D eigenvalue weighted by atomic mass is 79.9. The normalized spacial score (nSPS) is 12.2. The van der Waals surface area contributed by atoms with E-state index in [0.717, 1.165) is 21.3 Å². The van der Waals surface area contributed by atoms with Gasteiger partial charge in [0.25, 0.3) is 0 Å². The summed E-state index contributed by atoms with van der Waals surface area (Å²) in [4.78, 5) is 0. The summed E-state index contributed by atoms with van der Waals surface area (Å²) in [5.74, 6) is 0.820. The fraction of sp³-hybridized carbons (Fsp3) is 0.250. The maximum absolute atomic E-state index is 6.18. The van der Waals surface area contributed by atoms with Crippen molar-refractivity contribution in [1.82, 2.24) is 5.32 Å². The number of benzene rings is 2. The van der Waals surface area contributed by atoms with Gasteiger partial charge in [-0.2, -0.15) is 0 Å². The van der Waals surface area contributed by atoms with Crippen LogP contribution in [0.4, 0.5) is 0 Å². The van der Waals surface area contributed by atoms with Crippen molar-refractivity contribution >= 4 is 39.1 Å². The molecule has 0 aliphatic heterocycles. The van der Waals surface area contributed by atoms with E-state index in [4.69, 9.17) is 27.9 Å². The van der Waals surface area contributed by atoms with E-state index in [9.17, 15) is 0 Å². The highest BCUT2D eigenvalue weighted by Crippen LogP contribution is 2.29. The van der Waals surface area contributed by atoms with E-state index in [1.165, 1.54) is 0 Å². The predicted octanol–water partition coefficient (Wildman–Crippen LogP) is 5.62. The predicted molar refractivity (Wildman–Crippen MR) is 92.4 cm³/mol. The summed E-state index contributed by atoms with van der Waals surface area (Å²) in [6.07, 6.45) is 0. The molecule has 1 atom stereocenters. The second-order valence-corrected chi connectivity index (χ2v) is 6.37. The molecule has 2 rings (SSSR count). The Morgan fingerprint density at radius 1 is 1.19 bits per heavy atom. The van der Waals surface area contributed by atoms with E-state index < -0.39 is 0 Å². The molecular weight excluding hydrogens is 373 g/mol. The van der Waals surface area contributed by atoms with Gasteiger partial charge in [-0.3, -0.25) is 0 Å². The first-order valence-corrected chi connectivity index (χ1v) is 8.07. The second-order valence-electron chi connectivity index (χ2n) is 4.70. The molecule has 0 aliphatic rings. The topological polar surface area (TPSA) is 21.3 Å². The standard InChI is InChI=1S/C16H16BrCl2NO/c1-10(11-6-7-16(21-2)13(17)8-11)20-9-12-14(18)4-3-5-15(12)19/h3-8,10,20H,9H2,1-2H3. The summed E-state index contributed by atoms with van der Waals surface area (Å²) in [5.41, 5.74) is 2.08. The summed E-state index contributed by atoms with van der Waals surface area (Å²) in [7, 11) is 1.65. The molecule has 0 fully saturated rings. The molecule has 0 aliphatic carbocycles. The van der Waals surface area contributed by atoms with E-state index in [2.05, 4.69) is 28.2 Å². The first-order valence-electron chi connectivity index (χ1n) is 6.52. The van der Waals surface area contributed by atoms with Crippen molar-refractivity contribution in [3.63, 3.8) is 0 Å². The highest BCUT2D eigenvalue weighted by molar-refractivity contribution is 9.10. The van der Waals surface area contributed by atoms with Crippen LogP contribution < -0.4 is 10.1 Å². The van der Waals surface area contributed by atoms with Gasteiger partial charge in [-0.25, -0.2) is 0 Å². The molecular formula is C16H16BrCl2NO. The van der Waals surface area contributed by atoms with Crippen LogP contribution in [0.2, 0.25) is 10.0 Å². The number of rotatable bonds is 5. The van der Waals surface area contributed by atoms with Gasteiger partial charge in [0.2, 0.25) is 0 Å². The van der Waals surface area contributed by atoms with Crippen molar-refractivity contribution in [2.75, 3.05) is 7.11 Å². The Bertz CT molecular complexity index is 613. The Morgan fingerprint density at radius 3 is 2.43 bits per heavy atom. The molecule has 1 unspecified atom stereocenters. The zero-order valence-corrected chi connectivity index (χ0v) is 14.9. The monoisotopic (exact) mass is 387 g/mol. The Labute approximate surface area is 143 Å².